The molecule has 0 aromatic heterocycles. The molecule has 100 valence electrons. The van der Waals surface area contributed by atoms with E-state index >= 15 is 0 Å². The lowest BCUT2D eigenvalue weighted by Gasteiger charge is -2.22. The van der Waals surface area contributed by atoms with Crippen molar-refractivity contribution in [1.82, 2.24) is 0 Å². The first-order chi connectivity index (χ1) is 8.21. The second-order valence-corrected chi connectivity index (χ2v) is 5.38. The summed E-state index contributed by atoms with van der Waals surface area (Å²) in [4.78, 5) is 10.4. The zero-order valence-electron chi connectivity index (χ0n) is 11.3. The Morgan fingerprint density at radius 1 is 1.33 bits per heavy atom. The largest absolute Gasteiger partial charge is 0.507 e. The third-order valence-corrected chi connectivity index (χ3v) is 2.67. The molecule has 1 aromatic rings. The number of phenolic OH excluding ortho intramolecular Hbond substituents is 1. The lowest BCUT2D eigenvalue weighted by Crippen LogP contribution is -2.12. The number of hydrogen-bond acceptors (Lipinski definition) is 3. The number of phenols is 1. The molecule has 0 saturated heterocycles. The number of aromatic hydroxyl groups is 1. The standard InChI is InChI=1S/C14H20O4/c1-9-7-10(18-6-5-12(15)16)8-11(13(9)17)14(2,3)4/h7-8,17H,5-6H2,1-4H3,(H,15,16). The Hall–Kier alpha value is -1.71. The molecule has 0 unspecified atom stereocenters. The lowest BCUT2D eigenvalue weighted by molar-refractivity contribution is -0.137. The van der Waals surface area contributed by atoms with E-state index in [2.05, 4.69) is 0 Å². The molecule has 0 heterocycles. The van der Waals surface area contributed by atoms with Gasteiger partial charge in [-0.2, -0.15) is 0 Å². The Morgan fingerprint density at radius 3 is 2.44 bits per heavy atom. The maximum absolute atomic E-state index is 10.4. The van der Waals surface area contributed by atoms with Crippen LogP contribution in [-0.4, -0.2) is 22.8 Å². The van der Waals surface area contributed by atoms with Crippen LogP contribution < -0.4 is 4.74 Å². The lowest BCUT2D eigenvalue weighted by atomic mass is 9.85. The Balaban J connectivity index is 2.95. The van der Waals surface area contributed by atoms with Crippen LogP contribution in [0, 0.1) is 6.92 Å². The summed E-state index contributed by atoms with van der Waals surface area (Å²) in [5.41, 5.74) is 1.33. The van der Waals surface area contributed by atoms with Gasteiger partial charge in [0.2, 0.25) is 0 Å². The third-order valence-electron chi connectivity index (χ3n) is 2.67. The molecule has 0 aliphatic rings. The van der Waals surface area contributed by atoms with Crippen LogP contribution in [0.3, 0.4) is 0 Å². The molecule has 0 aliphatic carbocycles. The second-order valence-electron chi connectivity index (χ2n) is 5.38. The molecule has 0 saturated carbocycles. The zero-order chi connectivity index (χ0) is 13.9. The summed E-state index contributed by atoms with van der Waals surface area (Å²) < 4.78 is 5.40. The molecular formula is C14H20O4. The fraction of sp³-hybridized carbons (Fsp3) is 0.500. The van der Waals surface area contributed by atoms with Gasteiger partial charge in [0.25, 0.3) is 0 Å². The quantitative estimate of drug-likeness (QED) is 0.864. The van der Waals surface area contributed by atoms with E-state index in [1.807, 2.05) is 20.8 Å². The van der Waals surface area contributed by atoms with Crippen molar-refractivity contribution < 1.29 is 19.7 Å². The van der Waals surface area contributed by atoms with Crippen LogP contribution in [0.25, 0.3) is 0 Å². The molecule has 18 heavy (non-hydrogen) atoms. The summed E-state index contributed by atoms with van der Waals surface area (Å²) in [6.07, 6.45) is -0.0369. The van der Waals surface area contributed by atoms with Gasteiger partial charge in [-0.3, -0.25) is 4.79 Å². The van der Waals surface area contributed by atoms with E-state index in [4.69, 9.17) is 9.84 Å². The van der Waals surface area contributed by atoms with E-state index in [1.165, 1.54) is 0 Å². The van der Waals surface area contributed by atoms with Crippen LogP contribution in [-0.2, 0) is 10.2 Å². The van der Waals surface area contributed by atoms with Crippen molar-refractivity contribution in [3.05, 3.63) is 23.3 Å². The molecule has 0 spiro atoms. The smallest absolute Gasteiger partial charge is 0.306 e. The van der Waals surface area contributed by atoms with E-state index in [0.717, 1.165) is 11.1 Å². The number of benzene rings is 1. The van der Waals surface area contributed by atoms with Gasteiger partial charge in [-0.05, 0) is 30.0 Å². The minimum atomic E-state index is -0.887. The highest BCUT2D eigenvalue weighted by molar-refractivity contribution is 5.66. The predicted octanol–water partition coefficient (Wildman–Crippen LogP) is 2.85. The maximum Gasteiger partial charge on any atom is 0.306 e. The van der Waals surface area contributed by atoms with Crippen molar-refractivity contribution in [2.75, 3.05) is 6.61 Å². The van der Waals surface area contributed by atoms with Gasteiger partial charge in [0, 0.05) is 5.56 Å². The van der Waals surface area contributed by atoms with Crippen LogP contribution in [0.5, 0.6) is 11.5 Å². The Morgan fingerprint density at radius 2 is 1.94 bits per heavy atom. The molecule has 0 bridgehead atoms. The minimum absolute atomic E-state index is 0.0369. The van der Waals surface area contributed by atoms with E-state index in [0.29, 0.717) is 5.75 Å². The van der Waals surface area contributed by atoms with Crippen molar-refractivity contribution in [1.29, 1.82) is 0 Å². The summed E-state index contributed by atoms with van der Waals surface area (Å²) in [6.45, 7) is 7.94. The average Bonchev–Trinajstić information content (AvgIpc) is 2.20. The highest BCUT2D eigenvalue weighted by atomic mass is 16.5. The topological polar surface area (TPSA) is 66.8 Å². The van der Waals surface area contributed by atoms with Crippen LogP contribution in [0.4, 0.5) is 0 Å². The molecule has 0 amide bonds. The normalized spacial score (nSPS) is 11.3. The zero-order valence-corrected chi connectivity index (χ0v) is 11.3. The number of hydrogen-bond donors (Lipinski definition) is 2. The van der Waals surface area contributed by atoms with Crippen LogP contribution in [0.1, 0.15) is 38.3 Å². The molecule has 0 radical (unpaired) electrons. The number of carbonyl (C=O) groups is 1. The van der Waals surface area contributed by atoms with Crippen molar-refractivity contribution in [2.24, 2.45) is 0 Å². The molecule has 1 aromatic carbocycles. The molecule has 4 heteroatoms. The molecule has 0 aliphatic heterocycles. The van der Waals surface area contributed by atoms with E-state index in [-0.39, 0.29) is 24.2 Å². The monoisotopic (exact) mass is 252 g/mol. The average molecular weight is 252 g/mol. The van der Waals surface area contributed by atoms with E-state index in [1.54, 1.807) is 19.1 Å². The first-order valence-corrected chi connectivity index (χ1v) is 5.90. The molecule has 0 atom stereocenters. The first kappa shape index (κ1) is 14.4. The fourth-order valence-corrected chi connectivity index (χ4v) is 1.66. The van der Waals surface area contributed by atoms with Crippen molar-refractivity contribution >= 4 is 5.97 Å². The van der Waals surface area contributed by atoms with Crippen molar-refractivity contribution in [3.8, 4) is 11.5 Å². The molecule has 4 nitrogen and oxygen atoms in total. The van der Waals surface area contributed by atoms with Crippen molar-refractivity contribution in [3.63, 3.8) is 0 Å². The van der Waals surface area contributed by atoms with Gasteiger partial charge in [-0.1, -0.05) is 20.8 Å². The number of carboxylic acid groups (broad SMARTS) is 1. The number of aryl methyl sites for hydroxylation is 1. The predicted molar refractivity (Wildman–Crippen MR) is 69.3 cm³/mol. The second kappa shape index (κ2) is 5.29. The van der Waals surface area contributed by atoms with E-state index < -0.39 is 5.97 Å². The van der Waals surface area contributed by atoms with Gasteiger partial charge in [-0.15, -0.1) is 0 Å². The third kappa shape index (κ3) is 3.65. The summed E-state index contributed by atoms with van der Waals surface area (Å²) in [6, 6.07) is 3.48. The number of rotatable bonds is 4. The Kier molecular flexibility index (Phi) is 4.22. The summed E-state index contributed by atoms with van der Waals surface area (Å²) in [5.74, 6) is -0.0221. The highest BCUT2D eigenvalue weighted by Gasteiger charge is 2.20. The SMILES string of the molecule is Cc1cc(OCCC(=O)O)cc(C(C)(C)C)c1O. The van der Waals surface area contributed by atoms with Gasteiger partial charge in [0.05, 0.1) is 13.0 Å². The van der Waals surface area contributed by atoms with Crippen LogP contribution in [0.15, 0.2) is 12.1 Å². The number of ether oxygens (including phenoxy) is 1. The highest BCUT2D eigenvalue weighted by Crippen LogP contribution is 2.36. The molecular weight excluding hydrogens is 232 g/mol. The number of aliphatic carboxylic acids is 1. The minimum Gasteiger partial charge on any atom is -0.507 e. The maximum atomic E-state index is 10.4. The Bertz CT molecular complexity index is 444. The summed E-state index contributed by atoms with van der Waals surface area (Å²) >= 11 is 0. The Labute approximate surface area is 107 Å². The molecule has 0 fully saturated rings. The fourth-order valence-electron chi connectivity index (χ4n) is 1.66. The number of carboxylic acids is 1. The first-order valence-electron chi connectivity index (χ1n) is 5.90. The van der Waals surface area contributed by atoms with Gasteiger partial charge >= 0.3 is 5.97 Å². The van der Waals surface area contributed by atoms with Gasteiger partial charge in [0.15, 0.2) is 0 Å². The van der Waals surface area contributed by atoms with Gasteiger partial charge < -0.3 is 14.9 Å². The van der Waals surface area contributed by atoms with Crippen molar-refractivity contribution in [2.45, 2.75) is 39.5 Å². The van der Waals surface area contributed by atoms with Crippen LogP contribution >= 0.6 is 0 Å². The summed E-state index contributed by atoms with van der Waals surface area (Å²) in [5, 5.41) is 18.6. The van der Waals surface area contributed by atoms with E-state index in [9.17, 15) is 9.90 Å². The van der Waals surface area contributed by atoms with Crippen LogP contribution in [0.2, 0.25) is 0 Å². The molecule has 1 rings (SSSR count). The van der Waals surface area contributed by atoms with Gasteiger partial charge in [-0.25, -0.2) is 0 Å². The summed E-state index contributed by atoms with van der Waals surface area (Å²) in [7, 11) is 0. The van der Waals surface area contributed by atoms with Gasteiger partial charge in [0.1, 0.15) is 11.5 Å². The molecule has 2 N–H and O–H groups in total.